The lowest BCUT2D eigenvalue weighted by Crippen LogP contribution is -2.01. The maximum Gasteiger partial charge on any atom is 0.295 e. The van der Waals surface area contributed by atoms with E-state index in [0.29, 0.717) is 55.6 Å². The number of aryl methyl sites for hydroxylation is 1. The molecule has 0 aliphatic rings. The summed E-state index contributed by atoms with van der Waals surface area (Å²) in [5.41, 5.74) is 1.70. The fourth-order valence-corrected chi connectivity index (χ4v) is 10.2. The Hall–Kier alpha value is -7.53. The molecule has 0 unspecified atom stereocenters. The monoisotopic (exact) mass is 1160 g/mol. The Labute approximate surface area is 453 Å². The van der Waals surface area contributed by atoms with Crippen molar-refractivity contribution < 1.29 is 84.9 Å². The minimum atomic E-state index is -4.95. The average molecular weight is 1160 g/mol. The van der Waals surface area contributed by atoms with Gasteiger partial charge in [0.05, 0.1) is 52.4 Å². The van der Waals surface area contributed by atoms with Crippen LogP contribution in [0.15, 0.2) is 184 Å². The van der Waals surface area contributed by atoms with Crippen LogP contribution in [0.3, 0.4) is 0 Å². The summed E-state index contributed by atoms with van der Waals surface area (Å²) in [7, 11) is -9.85. The smallest absolute Gasteiger partial charge is 0.295 e. The SMILES string of the molecule is Cc1ccc2c(N=Nc3ccc(/C=C/c4ccc(N=[N+]([O-])c5ccc(/C=C/c6ccc(N=Nc7c(O)ccc8cc(SOOO)ccc78)cc6S(=O)(=O)O)c(SOOO)c5)cc4S(=O)(=O)O)c(SOOO)c3)c(O)ccc2c1. The zero-order valence-corrected chi connectivity index (χ0v) is 43.4. The second kappa shape index (κ2) is 25.3. The van der Waals surface area contributed by atoms with Gasteiger partial charge >= 0.3 is 0 Å². The number of aromatic hydroxyl groups is 2. The molecule has 0 radical (unpaired) electrons. The molecule has 0 aliphatic heterocycles. The number of phenolic OH excluding ortho intramolecular Hbond substituents is 2. The molecule has 0 saturated carbocycles. The molecule has 0 atom stereocenters. The molecule has 7 N–H and O–H groups in total. The Morgan fingerprint density at radius 2 is 0.962 bits per heavy atom. The highest BCUT2D eigenvalue weighted by Crippen LogP contribution is 2.41. The highest BCUT2D eigenvalue weighted by molar-refractivity contribution is 7.95. The van der Waals surface area contributed by atoms with Crippen molar-refractivity contribution in [2.45, 2.75) is 31.4 Å². The maximum atomic E-state index is 13.5. The molecule has 24 nitrogen and oxygen atoms in total. The van der Waals surface area contributed by atoms with E-state index in [4.69, 9.17) is 15.8 Å². The number of nitrogens with zero attached hydrogens (tertiary/aromatic N) is 6. The number of hydrogen-bond acceptors (Lipinski definition) is 24. The van der Waals surface area contributed by atoms with Gasteiger partial charge in [0.15, 0.2) is 0 Å². The average Bonchev–Trinajstić information content (AvgIpc) is 3.41. The van der Waals surface area contributed by atoms with Crippen LogP contribution in [0.25, 0.3) is 45.8 Å². The number of phenols is 2. The molecule has 0 aromatic heterocycles. The van der Waals surface area contributed by atoms with E-state index < -0.39 is 30.0 Å². The number of azo groups is 3. The molecule has 8 aromatic carbocycles. The van der Waals surface area contributed by atoms with Crippen molar-refractivity contribution in [2.24, 2.45) is 25.6 Å². The summed E-state index contributed by atoms with van der Waals surface area (Å²) in [4.78, 5) is -0.190. The molecule has 0 fully saturated rings. The topological polar surface area (TPSA) is 353 Å². The highest BCUT2D eigenvalue weighted by atomic mass is 32.2. The predicted octanol–water partition coefficient (Wildman–Crippen LogP) is 14.6. The molecule has 0 spiro atoms. The Balaban J connectivity index is 1.03. The van der Waals surface area contributed by atoms with Gasteiger partial charge in [0.2, 0.25) is 5.69 Å². The summed E-state index contributed by atoms with van der Waals surface area (Å²) in [6.45, 7) is 1.93. The third kappa shape index (κ3) is 14.1. The van der Waals surface area contributed by atoms with E-state index in [1.165, 1.54) is 85.0 Å². The normalized spacial score (nSPS) is 12.7. The van der Waals surface area contributed by atoms with Crippen LogP contribution in [0.1, 0.15) is 27.8 Å². The van der Waals surface area contributed by atoms with Crippen LogP contribution >= 0.6 is 36.1 Å². The van der Waals surface area contributed by atoms with E-state index in [1.807, 2.05) is 25.1 Å². The Morgan fingerprint density at radius 3 is 1.53 bits per heavy atom. The largest absolute Gasteiger partial charge is 0.594 e. The van der Waals surface area contributed by atoms with Crippen LogP contribution in [0.2, 0.25) is 0 Å². The van der Waals surface area contributed by atoms with Crippen LogP contribution in [0.5, 0.6) is 11.5 Å². The first-order chi connectivity index (χ1) is 37.4. The molecule has 400 valence electrons. The highest BCUT2D eigenvalue weighted by Gasteiger charge is 2.20. The molecule has 8 aromatic rings. The summed E-state index contributed by atoms with van der Waals surface area (Å²) in [6, 6.07) is 32.4. The zero-order chi connectivity index (χ0) is 55.6. The van der Waals surface area contributed by atoms with Crippen LogP contribution in [-0.4, -0.2) is 56.8 Å². The minimum absolute atomic E-state index is 0.0342. The van der Waals surface area contributed by atoms with Gasteiger partial charge in [-0.2, -0.15) is 27.1 Å². The molecule has 0 bridgehead atoms. The minimum Gasteiger partial charge on any atom is -0.594 e. The van der Waals surface area contributed by atoms with Crippen molar-refractivity contribution in [3.63, 3.8) is 0 Å². The summed E-state index contributed by atoms with van der Waals surface area (Å²) in [5, 5.41) is 95.3. The van der Waals surface area contributed by atoms with Crippen molar-refractivity contribution in [1.82, 2.24) is 0 Å². The van der Waals surface area contributed by atoms with Crippen LogP contribution < -0.4 is 0 Å². The van der Waals surface area contributed by atoms with Crippen LogP contribution in [0.4, 0.5) is 34.1 Å². The van der Waals surface area contributed by atoms with Gasteiger partial charge in [0.1, 0.15) is 38.4 Å². The van der Waals surface area contributed by atoms with Crippen molar-refractivity contribution in [2.75, 3.05) is 0 Å². The van der Waals surface area contributed by atoms with Crippen molar-refractivity contribution in [3.8, 4) is 11.5 Å². The van der Waals surface area contributed by atoms with E-state index >= 15 is 0 Å². The number of rotatable bonds is 21. The first-order valence-electron chi connectivity index (χ1n) is 21.7. The van der Waals surface area contributed by atoms with Gasteiger partial charge in [0.25, 0.3) is 20.2 Å². The molecule has 0 amide bonds. The van der Waals surface area contributed by atoms with Crippen molar-refractivity contribution in [3.05, 3.63) is 166 Å². The van der Waals surface area contributed by atoms with E-state index in [9.17, 15) is 41.4 Å². The summed E-state index contributed by atoms with van der Waals surface area (Å²) in [5.74, 6) is -0.347. The number of benzene rings is 8. The second-order valence-electron chi connectivity index (χ2n) is 15.9. The van der Waals surface area contributed by atoms with E-state index in [0.717, 1.165) is 35.1 Å². The van der Waals surface area contributed by atoms with Gasteiger partial charge in [0, 0.05) is 37.8 Å². The van der Waals surface area contributed by atoms with E-state index in [2.05, 4.69) is 53.7 Å². The van der Waals surface area contributed by atoms with Gasteiger partial charge in [-0.15, -0.1) is 23.2 Å². The standard InChI is InChI=1S/C49H36N6O18S5/c1-28-2-18-40-33(22-28)11-20-42(56)48(40)52-50-35-13-7-29(44(24-35)75-72-69-60)3-5-32-9-15-37(26-47(32)78(65,66)67)54-55(58)38-16-10-30(45(27-38)76-73-70-61)4-6-31-8-14-36(25-46(31)77(62,63)64)51-53-49-41-19-17-39(74-71-68-59)23-34(41)12-21-43(49)57/h2-27,56-57,59-61H,1H3,(H,62,63,64)(H,65,66,67)/b5-3+,6-4+,52-50?,53-51?,55-54?. The van der Waals surface area contributed by atoms with Gasteiger partial charge < -0.3 is 15.4 Å². The molecule has 78 heavy (non-hydrogen) atoms. The Morgan fingerprint density at radius 1 is 0.500 bits per heavy atom. The molecular weight excluding hydrogens is 1120 g/mol. The maximum absolute atomic E-state index is 13.5. The summed E-state index contributed by atoms with van der Waals surface area (Å²) in [6.07, 6.45) is 5.46. The molecule has 0 heterocycles. The quantitative estimate of drug-likeness (QED) is 0.00668. The number of hydrogen-bond donors (Lipinski definition) is 7. The molecule has 8 rings (SSSR count). The summed E-state index contributed by atoms with van der Waals surface area (Å²) >= 11 is 1.72. The Bertz CT molecular complexity index is 3980. The molecule has 0 saturated heterocycles. The summed E-state index contributed by atoms with van der Waals surface area (Å²) < 4.78 is 84.8. The lowest BCUT2D eigenvalue weighted by atomic mass is 10.1. The van der Waals surface area contributed by atoms with Crippen molar-refractivity contribution in [1.29, 1.82) is 0 Å². The zero-order valence-electron chi connectivity index (χ0n) is 39.4. The van der Waals surface area contributed by atoms with Gasteiger partial charge in [-0.3, -0.25) is 9.11 Å². The first-order valence-corrected chi connectivity index (χ1v) is 26.8. The molecule has 29 heteroatoms. The van der Waals surface area contributed by atoms with Gasteiger partial charge in [-0.05, 0) is 107 Å². The fraction of sp³-hybridized carbons (Fsp3) is 0.0204. The van der Waals surface area contributed by atoms with Gasteiger partial charge in [-0.1, -0.05) is 104 Å². The predicted molar refractivity (Wildman–Crippen MR) is 285 cm³/mol. The lowest BCUT2D eigenvalue weighted by molar-refractivity contribution is -0.435. The van der Waals surface area contributed by atoms with E-state index in [-0.39, 0.29) is 72.1 Å². The molecular formula is C49H36N6O18S5. The third-order valence-electron chi connectivity index (χ3n) is 10.9. The third-order valence-corrected chi connectivity index (χ3v) is 14.6. The molecule has 0 aliphatic carbocycles. The fourth-order valence-electron chi connectivity index (χ4n) is 7.40. The first kappa shape index (κ1) is 56.7. The second-order valence-corrected chi connectivity index (χ2v) is 21.0. The van der Waals surface area contributed by atoms with Crippen molar-refractivity contribution >= 4 is 136 Å². The number of fused-ring (bicyclic) bond motifs is 2. The van der Waals surface area contributed by atoms with Crippen LogP contribution in [0, 0.1) is 12.1 Å². The Kier molecular flexibility index (Phi) is 18.4. The lowest BCUT2D eigenvalue weighted by Gasteiger charge is -2.08. The van der Waals surface area contributed by atoms with Crippen LogP contribution in [-0.2, 0) is 48.4 Å². The van der Waals surface area contributed by atoms with E-state index in [1.54, 1.807) is 42.5 Å². The van der Waals surface area contributed by atoms with Gasteiger partial charge in [-0.25, -0.2) is 15.8 Å².